The summed E-state index contributed by atoms with van der Waals surface area (Å²) in [5.41, 5.74) is -0.284. The van der Waals surface area contributed by atoms with Crippen LogP contribution in [0, 0.1) is 0 Å². The lowest BCUT2D eigenvalue weighted by molar-refractivity contribution is -0.140. The number of likely N-dealkylation sites (tertiary alicyclic amines) is 1. The molecule has 0 unspecified atom stereocenters. The first-order valence-electron chi connectivity index (χ1n) is 4.98. The first-order valence-corrected chi connectivity index (χ1v) is 4.98. The van der Waals surface area contributed by atoms with Crippen LogP contribution in [0.15, 0.2) is 0 Å². The average Bonchev–Trinajstić information content (AvgIpc) is 2.46. The molecule has 0 radical (unpaired) electrons. The zero-order chi connectivity index (χ0) is 10.8. The Morgan fingerprint density at radius 2 is 2.21 bits per heavy atom. The van der Waals surface area contributed by atoms with Crippen LogP contribution >= 0.6 is 0 Å². The Morgan fingerprint density at radius 3 is 2.64 bits per heavy atom. The van der Waals surface area contributed by atoms with Gasteiger partial charge in [0, 0.05) is 13.1 Å². The van der Waals surface area contributed by atoms with E-state index in [9.17, 15) is 9.90 Å². The molecule has 0 aliphatic carbocycles. The van der Waals surface area contributed by atoms with E-state index in [-0.39, 0.29) is 24.2 Å². The summed E-state index contributed by atoms with van der Waals surface area (Å²) in [7, 11) is 0. The summed E-state index contributed by atoms with van der Waals surface area (Å²) in [5.74, 6) is -0.0310. The Kier molecular flexibility index (Phi) is 3.50. The highest BCUT2D eigenvalue weighted by Crippen LogP contribution is 2.11. The maximum atomic E-state index is 11.5. The zero-order valence-corrected chi connectivity index (χ0v) is 9.12. The predicted octanol–water partition coefficient (Wildman–Crippen LogP) is 0.395. The molecule has 0 saturated carbocycles. The van der Waals surface area contributed by atoms with Crippen molar-refractivity contribution in [1.29, 1.82) is 0 Å². The minimum absolute atomic E-state index is 0.0310. The maximum Gasteiger partial charge on any atom is 0.248 e. The number of hydrogen-bond acceptors (Lipinski definition) is 3. The number of hydrogen-bond donors (Lipinski definition) is 1. The van der Waals surface area contributed by atoms with Gasteiger partial charge < -0.3 is 14.7 Å². The van der Waals surface area contributed by atoms with Gasteiger partial charge in [-0.05, 0) is 27.2 Å². The Hall–Kier alpha value is -0.610. The third kappa shape index (κ3) is 3.64. The van der Waals surface area contributed by atoms with Crippen molar-refractivity contribution in [2.75, 3.05) is 19.7 Å². The monoisotopic (exact) mass is 201 g/mol. The lowest BCUT2D eigenvalue weighted by Gasteiger charge is -2.22. The fourth-order valence-corrected chi connectivity index (χ4v) is 1.34. The average molecular weight is 201 g/mol. The molecule has 1 aliphatic rings. The second-order valence-corrected chi connectivity index (χ2v) is 4.68. The van der Waals surface area contributed by atoms with E-state index in [2.05, 4.69) is 0 Å². The van der Waals surface area contributed by atoms with E-state index >= 15 is 0 Å². The van der Waals surface area contributed by atoms with Gasteiger partial charge in [0.1, 0.15) is 6.61 Å². The summed E-state index contributed by atoms with van der Waals surface area (Å²) in [5, 5.41) is 9.24. The van der Waals surface area contributed by atoms with Crippen molar-refractivity contribution in [2.45, 2.75) is 38.9 Å². The van der Waals surface area contributed by atoms with Crippen LogP contribution in [0.1, 0.15) is 27.2 Å². The van der Waals surface area contributed by atoms with Gasteiger partial charge in [0.25, 0.3) is 0 Å². The number of rotatable bonds is 2. The van der Waals surface area contributed by atoms with Crippen LogP contribution in [0.5, 0.6) is 0 Å². The molecule has 1 aliphatic heterocycles. The molecular formula is C10H19NO3. The van der Waals surface area contributed by atoms with Gasteiger partial charge in [-0.15, -0.1) is 0 Å². The summed E-state index contributed by atoms with van der Waals surface area (Å²) in [4.78, 5) is 13.2. The molecule has 0 bridgehead atoms. The van der Waals surface area contributed by atoms with Crippen LogP contribution in [0.3, 0.4) is 0 Å². The lowest BCUT2D eigenvalue weighted by Crippen LogP contribution is -2.35. The van der Waals surface area contributed by atoms with Crippen LogP contribution in [0.25, 0.3) is 0 Å². The second kappa shape index (κ2) is 4.28. The Labute approximate surface area is 84.8 Å². The van der Waals surface area contributed by atoms with Gasteiger partial charge in [0.15, 0.2) is 0 Å². The van der Waals surface area contributed by atoms with Crippen molar-refractivity contribution in [3.05, 3.63) is 0 Å². The van der Waals surface area contributed by atoms with Crippen molar-refractivity contribution in [3.63, 3.8) is 0 Å². The van der Waals surface area contributed by atoms with Gasteiger partial charge in [-0.25, -0.2) is 0 Å². The van der Waals surface area contributed by atoms with E-state index < -0.39 is 0 Å². The number of amides is 1. The number of carbonyl (C=O) groups excluding carboxylic acids is 1. The molecule has 1 rings (SSSR count). The van der Waals surface area contributed by atoms with Crippen molar-refractivity contribution >= 4 is 5.91 Å². The van der Waals surface area contributed by atoms with Crippen molar-refractivity contribution < 1.29 is 14.6 Å². The highest BCUT2D eigenvalue weighted by atomic mass is 16.5. The summed E-state index contributed by atoms with van der Waals surface area (Å²) < 4.78 is 5.37. The van der Waals surface area contributed by atoms with Gasteiger partial charge in [0.2, 0.25) is 5.91 Å². The van der Waals surface area contributed by atoms with E-state index in [0.29, 0.717) is 19.5 Å². The second-order valence-electron chi connectivity index (χ2n) is 4.68. The number of aliphatic hydroxyl groups excluding tert-OH is 1. The van der Waals surface area contributed by atoms with E-state index in [1.807, 2.05) is 20.8 Å². The molecule has 1 N–H and O–H groups in total. The molecule has 4 nitrogen and oxygen atoms in total. The standard InChI is InChI=1S/C10H19NO3/c1-10(2,3)14-7-9(13)11-5-4-8(12)6-11/h8,12H,4-7H2,1-3H3/t8-/m0/s1. The SMILES string of the molecule is CC(C)(C)OCC(=O)N1CC[C@H](O)C1. The van der Waals surface area contributed by atoms with Gasteiger partial charge in [-0.1, -0.05) is 0 Å². The topological polar surface area (TPSA) is 49.8 Å². The fourth-order valence-electron chi connectivity index (χ4n) is 1.34. The van der Waals surface area contributed by atoms with E-state index in [4.69, 9.17) is 4.74 Å². The number of aliphatic hydroxyl groups is 1. The Morgan fingerprint density at radius 1 is 1.57 bits per heavy atom. The molecule has 14 heavy (non-hydrogen) atoms. The number of carbonyl (C=O) groups is 1. The molecular weight excluding hydrogens is 182 g/mol. The summed E-state index contributed by atoms with van der Waals surface area (Å²) in [6.45, 7) is 6.95. The molecule has 1 atom stereocenters. The molecule has 1 saturated heterocycles. The molecule has 0 spiro atoms. The number of β-amino-alcohol motifs (C(OH)–C–C–N with tert-alkyl or cyclic N) is 1. The summed E-state index contributed by atoms with van der Waals surface area (Å²) in [6.07, 6.45) is 0.329. The van der Waals surface area contributed by atoms with Gasteiger partial charge in [0.05, 0.1) is 11.7 Å². The fraction of sp³-hybridized carbons (Fsp3) is 0.900. The number of nitrogens with zero attached hydrogens (tertiary/aromatic N) is 1. The predicted molar refractivity (Wildman–Crippen MR) is 52.9 cm³/mol. The summed E-state index contributed by atoms with van der Waals surface area (Å²) >= 11 is 0. The first-order chi connectivity index (χ1) is 6.38. The summed E-state index contributed by atoms with van der Waals surface area (Å²) in [6, 6.07) is 0. The van der Waals surface area contributed by atoms with E-state index in [1.54, 1.807) is 4.90 Å². The van der Waals surface area contributed by atoms with Gasteiger partial charge in [-0.2, -0.15) is 0 Å². The minimum atomic E-state index is -0.353. The van der Waals surface area contributed by atoms with Crippen LogP contribution in [0.2, 0.25) is 0 Å². The Bertz CT molecular complexity index is 210. The molecule has 0 aromatic rings. The van der Waals surface area contributed by atoms with Gasteiger partial charge in [-0.3, -0.25) is 4.79 Å². The third-order valence-electron chi connectivity index (χ3n) is 2.14. The number of ether oxygens (including phenoxy) is 1. The molecule has 82 valence electrons. The molecule has 1 amide bonds. The maximum absolute atomic E-state index is 11.5. The van der Waals surface area contributed by atoms with Gasteiger partial charge >= 0.3 is 0 Å². The van der Waals surface area contributed by atoms with Crippen molar-refractivity contribution in [2.24, 2.45) is 0 Å². The first kappa shape index (κ1) is 11.5. The van der Waals surface area contributed by atoms with Crippen LogP contribution < -0.4 is 0 Å². The third-order valence-corrected chi connectivity index (χ3v) is 2.14. The largest absolute Gasteiger partial charge is 0.391 e. The van der Waals surface area contributed by atoms with Crippen LogP contribution in [0.4, 0.5) is 0 Å². The minimum Gasteiger partial charge on any atom is -0.391 e. The lowest BCUT2D eigenvalue weighted by atomic mass is 10.2. The van der Waals surface area contributed by atoms with E-state index in [0.717, 1.165) is 0 Å². The highest BCUT2D eigenvalue weighted by Gasteiger charge is 2.25. The zero-order valence-electron chi connectivity index (χ0n) is 9.12. The van der Waals surface area contributed by atoms with Crippen molar-refractivity contribution in [1.82, 2.24) is 4.90 Å². The quantitative estimate of drug-likeness (QED) is 0.703. The smallest absolute Gasteiger partial charge is 0.248 e. The van der Waals surface area contributed by atoms with E-state index in [1.165, 1.54) is 0 Å². The van der Waals surface area contributed by atoms with Crippen LogP contribution in [-0.2, 0) is 9.53 Å². The molecule has 0 aromatic carbocycles. The molecule has 1 heterocycles. The molecule has 4 heteroatoms. The van der Waals surface area contributed by atoms with Crippen molar-refractivity contribution in [3.8, 4) is 0 Å². The van der Waals surface area contributed by atoms with Crippen LogP contribution in [-0.4, -0.2) is 47.3 Å². The Balaban J connectivity index is 2.29. The highest BCUT2D eigenvalue weighted by molar-refractivity contribution is 5.77. The normalized spacial score (nSPS) is 22.9. The molecule has 0 aromatic heterocycles. The molecule has 1 fully saturated rings.